The lowest BCUT2D eigenvalue weighted by Crippen LogP contribution is -2.07. The van der Waals surface area contributed by atoms with Crippen molar-refractivity contribution in [3.05, 3.63) is 59.7 Å². The highest BCUT2D eigenvalue weighted by Crippen LogP contribution is 2.23. The Kier molecular flexibility index (Phi) is 5.58. The average Bonchev–Trinajstić information content (AvgIpc) is 2.53. The molecule has 2 N–H and O–H groups in total. The second-order valence-electron chi connectivity index (χ2n) is 4.83. The molecular weight excluding hydrogens is 269 g/mol. The maximum absolute atomic E-state index is 12.1. The Morgan fingerprint density at radius 1 is 1.19 bits per heavy atom. The molecule has 2 aromatic rings. The van der Waals surface area contributed by atoms with E-state index >= 15 is 0 Å². The first-order valence-corrected chi connectivity index (χ1v) is 6.98. The number of benzene rings is 2. The summed E-state index contributed by atoms with van der Waals surface area (Å²) in [6, 6.07) is 15.4. The maximum Gasteiger partial charge on any atom is 0.123 e. The van der Waals surface area contributed by atoms with Crippen LogP contribution < -0.4 is 10.1 Å². The lowest BCUT2D eigenvalue weighted by atomic mass is 10.1. The van der Waals surface area contributed by atoms with Gasteiger partial charge in [0.15, 0.2) is 0 Å². The van der Waals surface area contributed by atoms with Crippen LogP contribution in [0.15, 0.2) is 48.5 Å². The molecule has 0 aromatic heterocycles. The van der Waals surface area contributed by atoms with Crippen LogP contribution in [0.25, 0.3) is 0 Å². The van der Waals surface area contributed by atoms with Crippen molar-refractivity contribution < 1.29 is 14.2 Å². The quantitative estimate of drug-likeness (QED) is 0.816. The largest absolute Gasteiger partial charge is 0.491 e. The normalized spacial score (nSPS) is 12.0. The molecule has 0 amide bonds. The minimum absolute atomic E-state index is 0.0348. The van der Waals surface area contributed by atoms with Gasteiger partial charge in [-0.3, -0.25) is 0 Å². The van der Waals surface area contributed by atoms with Crippen molar-refractivity contribution >= 4 is 5.69 Å². The van der Waals surface area contributed by atoms with E-state index in [1.165, 1.54) is 0 Å². The second-order valence-corrected chi connectivity index (χ2v) is 4.83. The third kappa shape index (κ3) is 4.46. The fourth-order valence-corrected chi connectivity index (χ4v) is 2.13. The highest BCUT2D eigenvalue weighted by atomic mass is 19.1. The summed E-state index contributed by atoms with van der Waals surface area (Å²) in [5.74, 6) is 0.647. The zero-order chi connectivity index (χ0) is 15.1. The van der Waals surface area contributed by atoms with Crippen molar-refractivity contribution in [2.75, 3.05) is 18.6 Å². The van der Waals surface area contributed by atoms with Gasteiger partial charge in [0.1, 0.15) is 19.0 Å². The van der Waals surface area contributed by atoms with Gasteiger partial charge in [-0.1, -0.05) is 30.3 Å². The first-order valence-electron chi connectivity index (χ1n) is 6.98. The highest BCUT2D eigenvalue weighted by molar-refractivity contribution is 5.50. The van der Waals surface area contributed by atoms with E-state index in [1.54, 1.807) is 6.07 Å². The van der Waals surface area contributed by atoms with Gasteiger partial charge in [-0.2, -0.15) is 0 Å². The number of halogens is 1. The van der Waals surface area contributed by atoms with E-state index in [0.717, 1.165) is 16.8 Å². The monoisotopic (exact) mass is 289 g/mol. The van der Waals surface area contributed by atoms with Crippen molar-refractivity contribution in [2.24, 2.45) is 0 Å². The lowest BCUT2D eigenvalue weighted by Gasteiger charge is -2.17. The molecule has 0 saturated carbocycles. The summed E-state index contributed by atoms with van der Waals surface area (Å²) in [4.78, 5) is 0. The van der Waals surface area contributed by atoms with Crippen LogP contribution in [0, 0.1) is 0 Å². The Labute approximate surface area is 124 Å². The number of aliphatic hydroxyl groups is 1. The predicted molar refractivity (Wildman–Crippen MR) is 82.3 cm³/mol. The summed E-state index contributed by atoms with van der Waals surface area (Å²) in [6.45, 7) is 1.65. The lowest BCUT2D eigenvalue weighted by molar-refractivity contribution is 0.273. The molecule has 0 heterocycles. The van der Waals surface area contributed by atoms with E-state index in [2.05, 4.69) is 5.32 Å². The van der Waals surface area contributed by atoms with Gasteiger partial charge in [0.2, 0.25) is 0 Å². The molecule has 1 unspecified atom stereocenters. The molecule has 4 heteroatoms. The van der Waals surface area contributed by atoms with Gasteiger partial charge in [-0.15, -0.1) is 0 Å². The number of ether oxygens (including phenoxy) is 1. The number of hydrogen-bond donors (Lipinski definition) is 2. The minimum atomic E-state index is -0.498. The summed E-state index contributed by atoms with van der Waals surface area (Å²) >= 11 is 0. The van der Waals surface area contributed by atoms with Crippen LogP contribution in [0.4, 0.5) is 10.1 Å². The zero-order valence-electron chi connectivity index (χ0n) is 12.1. The van der Waals surface area contributed by atoms with Crippen LogP contribution in [-0.4, -0.2) is 18.4 Å². The van der Waals surface area contributed by atoms with Gasteiger partial charge in [0.05, 0.1) is 6.61 Å². The van der Waals surface area contributed by atoms with Crippen molar-refractivity contribution in [2.45, 2.75) is 19.6 Å². The third-order valence-corrected chi connectivity index (χ3v) is 3.20. The predicted octanol–water partition coefficient (Wildman–Crippen LogP) is 3.70. The molecule has 0 aliphatic rings. The van der Waals surface area contributed by atoms with Crippen LogP contribution in [0.2, 0.25) is 0 Å². The van der Waals surface area contributed by atoms with Gasteiger partial charge in [0, 0.05) is 17.8 Å². The number of rotatable bonds is 7. The van der Waals surface area contributed by atoms with E-state index in [-0.39, 0.29) is 19.3 Å². The topological polar surface area (TPSA) is 41.5 Å². The van der Waals surface area contributed by atoms with E-state index in [9.17, 15) is 9.50 Å². The van der Waals surface area contributed by atoms with Crippen LogP contribution in [-0.2, 0) is 6.61 Å². The van der Waals surface area contributed by atoms with E-state index in [0.29, 0.717) is 5.75 Å². The van der Waals surface area contributed by atoms with E-state index in [1.807, 2.05) is 49.4 Å². The van der Waals surface area contributed by atoms with Crippen LogP contribution in [0.5, 0.6) is 5.75 Å². The van der Waals surface area contributed by atoms with Crippen molar-refractivity contribution in [3.8, 4) is 5.75 Å². The molecular formula is C17H20FNO2. The molecule has 0 aliphatic heterocycles. The summed E-state index contributed by atoms with van der Waals surface area (Å²) in [5, 5.41) is 12.6. The molecule has 0 radical (unpaired) electrons. The van der Waals surface area contributed by atoms with Crippen molar-refractivity contribution in [3.63, 3.8) is 0 Å². The van der Waals surface area contributed by atoms with Crippen molar-refractivity contribution in [1.29, 1.82) is 0 Å². The standard InChI is InChI=1S/C17H20FNO2/c1-13(15-5-2-4-14(10-15)12-20)19-16-6-3-7-17(11-16)21-9-8-18/h2-7,10-11,13,19-20H,8-9,12H2,1H3. The summed E-state index contributed by atoms with van der Waals surface area (Å²) in [5.41, 5.74) is 2.89. The Bertz CT molecular complexity index is 574. The minimum Gasteiger partial charge on any atom is -0.491 e. The molecule has 1 atom stereocenters. The molecule has 0 fully saturated rings. The summed E-state index contributed by atoms with van der Waals surface area (Å²) in [6.07, 6.45) is 0. The molecule has 112 valence electrons. The Balaban J connectivity index is 2.06. The SMILES string of the molecule is CC(Nc1cccc(OCCF)c1)c1cccc(CO)c1. The number of nitrogens with one attached hydrogen (secondary N) is 1. The van der Waals surface area contributed by atoms with Crippen molar-refractivity contribution in [1.82, 2.24) is 0 Å². The molecule has 3 nitrogen and oxygen atoms in total. The molecule has 0 spiro atoms. The molecule has 21 heavy (non-hydrogen) atoms. The number of alkyl halides is 1. The summed E-state index contributed by atoms with van der Waals surface area (Å²) in [7, 11) is 0. The highest BCUT2D eigenvalue weighted by Gasteiger charge is 2.06. The number of aliphatic hydroxyl groups excluding tert-OH is 1. The molecule has 2 aromatic carbocycles. The van der Waals surface area contributed by atoms with Crippen LogP contribution in [0.3, 0.4) is 0 Å². The summed E-state index contributed by atoms with van der Waals surface area (Å²) < 4.78 is 17.4. The van der Waals surface area contributed by atoms with E-state index < -0.39 is 6.67 Å². The number of anilines is 1. The third-order valence-electron chi connectivity index (χ3n) is 3.20. The Morgan fingerprint density at radius 2 is 2.00 bits per heavy atom. The van der Waals surface area contributed by atoms with Gasteiger partial charge in [0.25, 0.3) is 0 Å². The number of hydrogen-bond acceptors (Lipinski definition) is 3. The first-order chi connectivity index (χ1) is 10.2. The smallest absolute Gasteiger partial charge is 0.123 e. The first kappa shape index (κ1) is 15.3. The maximum atomic E-state index is 12.1. The molecule has 0 aliphatic carbocycles. The van der Waals surface area contributed by atoms with Gasteiger partial charge in [-0.05, 0) is 30.2 Å². The second kappa shape index (κ2) is 7.64. The molecule has 2 rings (SSSR count). The fraction of sp³-hybridized carbons (Fsp3) is 0.294. The zero-order valence-corrected chi connectivity index (χ0v) is 12.1. The van der Waals surface area contributed by atoms with Crippen LogP contribution >= 0.6 is 0 Å². The Morgan fingerprint density at radius 3 is 2.76 bits per heavy atom. The molecule has 0 bridgehead atoms. The van der Waals surface area contributed by atoms with Gasteiger partial charge >= 0.3 is 0 Å². The van der Waals surface area contributed by atoms with Crippen LogP contribution in [0.1, 0.15) is 24.1 Å². The molecule has 0 saturated heterocycles. The van der Waals surface area contributed by atoms with E-state index in [4.69, 9.17) is 4.74 Å². The Hall–Kier alpha value is -2.07. The fourth-order valence-electron chi connectivity index (χ4n) is 2.13. The van der Waals surface area contributed by atoms with Gasteiger partial charge < -0.3 is 15.2 Å². The van der Waals surface area contributed by atoms with Gasteiger partial charge in [-0.25, -0.2) is 4.39 Å². The average molecular weight is 289 g/mol.